The maximum Gasteiger partial charge on any atom is 0.228 e. The van der Waals surface area contributed by atoms with Crippen LogP contribution in [0.4, 0.5) is 10.8 Å². The van der Waals surface area contributed by atoms with Gasteiger partial charge in [-0.2, -0.15) is 0 Å². The first-order valence-electron chi connectivity index (χ1n) is 5.56. The lowest BCUT2D eigenvalue weighted by Crippen LogP contribution is -2.17. The largest absolute Gasteiger partial charge is 0.494 e. The fourth-order valence-corrected chi connectivity index (χ4v) is 2.41. The van der Waals surface area contributed by atoms with Crippen LogP contribution in [-0.2, 0) is 4.79 Å². The fourth-order valence-electron chi connectivity index (χ4n) is 1.48. The van der Waals surface area contributed by atoms with Crippen LogP contribution in [0, 0.1) is 5.92 Å². The van der Waals surface area contributed by atoms with Gasteiger partial charge in [0.25, 0.3) is 0 Å². The van der Waals surface area contributed by atoms with Gasteiger partial charge in [-0.1, -0.05) is 25.2 Å². The van der Waals surface area contributed by atoms with Gasteiger partial charge in [0, 0.05) is 17.7 Å². The Morgan fingerprint density at radius 1 is 1.50 bits per heavy atom. The minimum absolute atomic E-state index is 0.0546. The van der Waals surface area contributed by atoms with Gasteiger partial charge in [-0.05, 0) is 6.07 Å². The molecule has 1 amide bonds. The number of ether oxygens (including phenoxy) is 1. The molecule has 2 aromatic rings. The van der Waals surface area contributed by atoms with Crippen LogP contribution < -0.4 is 15.8 Å². The van der Waals surface area contributed by atoms with Gasteiger partial charge < -0.3 is 15.8 Å². The van der Waals surface area contributed by atoms with Crippen molar-refractivity contribution in [1.82, 2.24) is 4.98 Å². The van der Waals surface area contributed by atoms with E-state index < -0.39 is 0 Å². The first kappa shape index (κ1) is 12.6. The first-order chi connectivity index (χ1) is 8.51. The summed E-state index contributed by atoms with van der Waals surface area (Å²) in [5, 5.41) is 3.34. The Bertz CT molecular complexity index is 592. The zero-order valence-electron chi connectivity index (χ0n) is 10.5. The number of aromatic nitrogens is 1. The number of carbonyl (C=O) groups excluding carboxylic acids is 1. The average molecular weight is 265 g/mol. The van der Waals surface area contributed by atoms with Crippen molar-refractivity contribution in [3.8, 4) is 5.75 Å². The highest BCUT2D eigenvalue weighted by atomic mass is 32.1. The molecule has 6 heteroatoms. The van der Waals surface area contributed by atoms with E-state index in [0.717, 1.165) is 10.2 Å². The molecule has 0 radical (unpaired) electrons. The summed E-state index contributed by atoms with van der Waals surface area (Å²) >= 11 is 1.38. The summed E-state index contributed by atoms with van der Waals surface area (Å²) in [5.74, 6) is 0.483. The third kappa shape index (κ3) is 2.38. The minimum atomic E-state index is -0.0797. The molecule has 0 aliphatic heterocycles. The van der Waals surface area contributed by atoms with Crippen molar-refractivity contribution in [1.29, 1.82) is 0 Å². The third-order valence-electron chi connectivity index (χ3n) is 2.46. The lowest BCUT2D eigenvalue weighted by molar-refractivity contribution is -0.118. The van der Waals surface area contributed by atoms with E-state index in [0.29, 0.717) is 16.6 Å². The second-order valence-corrected chi connectivity index (χ2v) is 5.26. The Morgan fingerprint density at radius 3 is 2.83 bits per heavy atom. The summed E-state index contributed by atoms with van der Waals surface area (Å²) in [6, 6.07) is 3.54. The summed E-state index contributed by atoms with van der Waals surface area (Å²) < 4.78 is 6.12. The van der Waals surface area contributed by atoms with Crippen LogP contribution in [0.15, 0.2) is 12.1 Å². The van der Waals surface area contributed by atoms with E-state index in [1.54, 1.807) is 13.2 Å². The van der Waals surface area contributed by atoms with E-state index in [9.17, 15) is 4.79 Å². The molecular formula is C12H15N3O2S. The van der Waals surface area contributed by atoms with Crippen molar-refractivity contribution >= 4 is 38.3 Å². The average Bonchev–Trinajstić information content (AvgIpc) is 2.69. The number of thiazole rings is 1. The highest BCUT2D eigenvalue weighted by Crippen LogP contribution is 2.34. The van der Waals surface area contributed by atoms with Crippen molar-refractivity contribution < 1.29 is 9.53 Å². The number of hydrogen-bond donors (Lipinski definition) is 2. The van der Waals surface area contributed by atoms with Gasteiger partial charge in [0.2, 0.25) is 5.91 Å². The van der Waals surface area contributed by atoms with Crippen molar-refractivity contribution in [3.05, 3.63) is 12.1 Å². The molecule has 18 heavy (non-hydrogen) atoms. The lowest BCUT2D eigenvalue weighted by atomic mass is 10.2. The number of amides is 1. The molecule has 3 N–H and O–H groups in total. The number of benzene rings is 1. The third-order valence-corrected chi connectivity index (χ3v) is 3.37. The standard InChI is InChI=1S/C12H15N3O2S/c1-6(2)11(16)15-12-14-10-8(17-3)4-7(13)5-9(10)18-12/h4-6H,13H2,1-3H3,(H,14,15,16). The molecule has 96 valence electrons. The number of methoxy groups -OCH3 is 1. The van der Waals surface area contributed by atoms with Gasteiger partial charge in [0.05, 0.1) is 11.8 Å². The number of hydrogen-bond acceptors (Lipinski definition) is 5. The zero-order chi connectivity index (χ0) is 13.3. The maximum absolute atomic E-state index is 11.6. The lowest BCUT2D eigenvalue weighted by Gasteiger charge is -2.03. The molecule has 0 saturated carbocycles. The maximum atomic E-state index is 11.6. The number of carbonyl (C=O) groups is 1. The van der Waals surface area contributed by atoms with Crippen LogP contribution in [0.1, 0.15) is 13.8 Å². The molecule has 1 heterocycles. The van der Waals surface area contributed by atoms with E-state index in [2.05, 4.69) is 10.3 Å². The van der Waals surface area contributed by atoms with E-state index in [1.165, 1.54) is 11.3 Å². The number of rotatable bonds is 3. The molecule has 2 rings (SSSR count). The fraction of sp³-hybridized carbons (Fsp3) is 0.333. The van der Waals surface area contributed by atoms with Crippen molar-refractivity contribution in [2.45, 2.75) is 13.8 Å². The molecule has 0 atom stereocenters. The molecule has 1 aromatic carbocycles. The smallest absolute Gasteiger partial charge is 0.228 e. The first-order valence-corrected chi connectivity index (χ1v) is 6.38. The summed E-state index contributed by atoms with van der Waals surface area (Å²) in [4.78, 5) is 16.0. The monoisotopic (exact) mass is 265 g/mol. The Balaban J connectivity index is 2.41. The van der Waals surface area contributed by atoms with Crippen LogP contribution in [0.2, 0.25) is 0 Å². The number of nitrogens with two attached hydrogens (primary N) is 1. The van der Waals surface area contributed by atoms with Gasteiger partial charge in [-0.25, -0.2) is 4.98 Å². The van der Waals surface area contributed by atoms with Crippen LogP contribution in [0.5, 0.6) is 5.75 Å². The van der Waals surface area contributed by atoms with E-state index in [4.69, 9.17) is 10.5 Å². The molecular weight excluding hydrogens is 250 g/mol. The van der Waals surface area contributed by atoms with Crippen molar-refractivity contribution in [2.75, 3.05) is 18.2 Å². The normalized spacial score (nSPS) is 10.9. The molecule has 0 fully saturated rings. The predicted molar refractivity (Wildman–Crippen MR) is 74.1 cm³/mol. The molecule has 0 unspecified atom stereocenters. The molecule has 0 aliphatic carbocycles. The molecule has 0 spiro atoms. The summed E-state index contributed by atoms with van der Waals surface area (Å²) in [6.07, 6.45) is 0. The van der Waals surface area contributed by atoms with Gasteiger partial charge in [0.15, 0.2) is 5.13 Å². The SMILES string of the molecule is COc1cc(N)cc2sc(NC(=O)C(C)C)nc12. The number of nitrogen functional groups attached to an aromatic ring is 1. The quantitative estimate of drug-likeness (QED) is 0.836. The Labute approximate surface area is 109 Å². The van der Waals surface area contributed by atoms with Gasteiger partial charge in [-0.3, -0.25) is 4.79 Å². The van der Waals surface area contributed by atoms with E-state index in [1.807, 2.05) is 19.9 Å². The summed E-state index contributed by atoms with van der Waals surface area (Å²) in [6.45, 7) is 3.67. The summed E-state index contributed by atoms with van der Waals surface area (Å²) in [5.41, 5.74) is 7.10. The summed E-state index contributed by atoms with van der Waals surface area (Å²) in [7, 11) is 1.57. The van der Waals surface area contributed by atoms with E-state index >= 15 is 0 Å². The Hall–Kier alpha value is -1.82. The van der Waals surface area contributed by atoms with Crippen LogP contribution in [0.25, 0.3) is 10.2 Å². The van der Waals surface area contributed by atoms with Crippen LogP contribution in [0.3, 0.4) is 0 Å². The van der Waals surface area contributed by atoms with Crippen molar-refractivity contribution in [2.24, 2.45) is 5.92 Å². The zero-order valence-corrected chi connectivity index (χ0v) is 11.3. The second kappa shape index (κ2) is 4.81. The highest BCUT2D eigenvalue weighted by Gasteiger charge is 2.13. The van der Waals surface area contributed by atoms with Crippen LogP contribution in [-0.4, -0.2) is 18.0 Å². The molecule has 0 aliphatic rings. The molecule has 0 saturated heterocycles. The van der Waals surface area contributed by atoms with Gasteiger partial charge in [0.1, 0.15) is 11.3 Å². The highest BCUT2D eigenvalue weighted by molar-refractivity contribution is 7.22. The second-order valence-electron chi connectivity index (χ2n) is 4.23. The van der Waals surface area contributed by atoms with Gasteiger partial charge in [-0.15, -0.1) is 0 Å². The predicted octanol–water partition coefficient (Wildman–Crippen LogP) is 2.48. The Morgan fingerprint density at radius 2 is 2.22 bits per heavy atom. The number of anilines is 2. The number of nitrogens with one attached hydrogen (secondary N) is 1. The molecule has 1 aromatic heterocycles. The minimum Gasteiger partial charge on any atom is -0.494 e. The van der Waals surface area contributed by atoms with E-state index in [-0.39, 0.29) is 11.8 Å². The number of fused-ring (bicyclic) bond motifs is 1. The number of nitrogens with zero attached hydrogens (tertiary/aromatic N) is 1. The van der Waals surface area contributed by atoms with Crippen molar-refractivity contribution in [3.63, 3.8) is 0 Å². The van der Waals surface area contributed by atoms with Crippen LogP contribution >= 0.6 is 11.3 Å². The topological polar surface area (TPSA) is 77.2 Å². The Kier molecular flexibility index (Phi) is 3.38. The molecule has 5 nitrogen and oxygen atoms in total. The molecule has 0 bridgehead atoms. The van der Waals surface area contributed by atoms with Gasteiger partial charge >= 0.3 is 0 Å².